The summed E-state index contributed by atoms with van der Waals surface area (Å²) in [6.45, 7) is 6.76. The molecule has 0 saturated heterocycles. The molecule has 2 rings (SSSR count). The van der Waals surface area contributed by atoms with Gasteiger partial charge in [0.25, 0.3) is 0 Å². The maximum atomic E-state index is 5.25. The molecule has 0 aliphatic carbocycles. The van der Waals surface area contributed by atoms with Crippen LogP contribution in [0.5, 0.6) is 0 Å². The standard InChI is InChI=1S/C15H22N4S/c1-12(2)19-10-8-14(9-11-19)17-18-15(20)16-13-6-4-3-5-7-13/h3-8,12,17H,9-11H2,1-2H3,(H2,16,18,20)/p+1. The molecule has 1 heterocycles. The SMILES string of the molecule is CC(C)[NH+]1CC=C(NNC(=S)Nc2ccccc2)CC1. The molecule has 5 heteroatoms. The monoisotopic (exact) mass is 291 g/mol. The molecule has 0 amide bonds. The van der Waals surface area contributed by atoms with E-state index in [1.54, 1.807) is 4.90 Å². The molecule has 0 bridgehead atoms. The Morgan fingerprint density at radius 3 is 2.60 bits per heavy atom. The first-order valence-electron chi connectivity index (χ1n) is 7.07. The van der Waals surface area contributed by atoms with Crippen LogP contribution in [0.4, 0.5) is 5.69 Å². The molecule has 0 radical (unpaired) electrons. The summed E-state index contributed by atoms with van der Waals surface area (Å²) in [7, 11) is 0. The van der Waals surface area contributed by atoms with Gasteiger partial charge in [-0.25, -0.2) is 0 Å². The van der Waals surface area contributed by atoms with Gasteiger partial charge in [-0.1, -0.05) is 18.2 Å². The highest BCUT2D eigenvalue weighted by Crippen LogP contribution is 2.04. The van der Waals surface area contributed by atoms with Crippen molar-refractivity contribution in [3.63, 3.8) is 0 Å². The average molecular weight is 291 g/mol. The van der Waals surface area contributed by atoms with Gasteiger partial charge >= 0.3 is 0 Å². The molecule has 1 unspecified atom stereocenters. The first kappa shape index (κ1) is 14.8. The van der Waals surface area contributed by atoms with E-state index in [0.29, 0.717) is 11.2 Å². The fourth-order valence-corrected chi connectivity index (χ4v) is 2.38. The van der Waals surface area contributed by atoms with Crippen molar-refractivity contribution >= 4 is 23.0 Å². The predicted octanol–water partition coefficient (Wildman–Crippen LogP) is 1.06. The Kier molecular flexibility index (Phi) is 5.38. The minimum absolute atomic E-state index is 0.579. The van der Waals surface area contributed by atoms with Crippen LogP contribution in [0.1, 0.15) is 20.3 Å². The Morgan fingerprint density at radius 1 is 1.25 bits per heavy atom. The molecule has 1 aromatic rings. The second kappa shape index (κ2) is 7.26. The van der Waals surface area contributed by atoms with Gasteiger partial charge < -0.3 is 15.6 Å². The molecule has 0 fully saturated rings. The Bertz CT molecular complexity index is 470. The lowest BCUT2D eigenvalue weighted by Gasteiger charge is -2.27. The summed E-state index contributed by atoms with van der Waals surface area (Å²) in [5, 5.41) is 3.71. The molecule has 1 aromatic carbocycles. The Labute approximate surface area is 126 Å². The summed E-state index contributed by atoms with van der Waals surface area (Å²) in [6.07, 6.45) is 3.30. The molecule has 108 valence electrons. The first-order valence-corrected chi connectivity index (χ1v) is 7.47. The number of rotatable bonds is 4. The maximum absolute atomic E-state index is 5.25. The Morgan fingerprint density at radius 2 is 2.00 bits per heavy atom. The van der Waals surface area contributed by atoms with Crippen LogP contribution in [0.25, 0.3) is 0 Å². The van der Waals surface area contributed by atoms with E-state index in [1.807, 2.05) is 30.3 Å². The zero-order chi connectivity index (χ0) is 14.4. The second-order valence-electron chi connectivity index (χ2n) is 5.32. The Balaban J connectivity index is 1.74. The van der Waals surface area contributed by atoms with Gasteiger partial charge in [-0.15, -0.1) is 0 Å². The molecule has 1 aliphatic heterocycles. The van der Waals surface area contributed by atoms with Gasteiger partial charge in [0.05, 0.1) is 19.1 Å². The highest BCUT2D eigenvalue weighted by Gasteiger charge is 2.17. The van der Waals surface area contributed by atoms with Crippen molar-refractivity contribution in [2.45, 2.75) is 26.3 Å². The molecule has 1 atom stereocenters. The summed E-state index contributed by atoms with van der Waals surface area (Å²) in [6, 6.07) is 10.6. The van der Waals surface area contributed by atoms with E-state index < -0.39 is 0 Å². The summed E-state index contributed by atoms with van der Waals surface area (Å²) < 4.78 is 0. The van der Waals surface area contributed by atoms with E-state index in [-0.39, 0.29) is 0 Å². The quantitative estimate of drug-likeness (QED) is 0.495. The van der Waals surface area contributed by atoms with Crippen molar-refractivity contribution in [3.05, 3.63) is 42.1 Å². The molecule has 4 N–H and O–H groups in total. The van der Waals surface area contributed by atoms with Gasteiger partial charge in [-0.2, -0.15) is 0 Å². The number of nitrogens with one attached hydrogen (secondary N) is 4. The van der Waals surface area contributed by atoms with E-state index in [9.17, 15) is 0 Å². The first-order chi connectivity index (χ1) is 9.65. The zero-order valence-corrected chi connectivity index (χ0v) is 12.9. The lowest BCUT2D eigenvalue weighted by atomic mass is 10.2. The molecular formula is C15H23N4S+. The maximum Gasteiger partial charge on any atom is 0.189 e. The number of anilines is 1. The van der Waals surface area contributed by atoms with Crippen LogP contribution in [0.3, 0.4) is 0 Å². The third kappa shape index (κ3) is 4.51. The molecule has 20 heavy (non-hydrogen) atoms. The zero-order valence-electron chi connectivity index (χ0n) is 12.1. The lowest BCUT2D eigenvalue weighted by Crippen LogP contribution is -3.15. The van der Waals surface area contributed by atoms with Crippen LogP contribution < -0.4 is 21.1 Å². The summed E-state index contributed by atoms with van der Waals surface area (Å²) in [4.78, 5) is 1.63. The fourth-order valence-electron chi connectivity index (χ4n) is 2.21. The van der Waals surface area contributed by atoms with Crippen molar-refractivity contribution in [1.82, 2.24) is 10.9 Å². The Hall–Kier alpha value is -1.59. The van der Waals surface area contributed by atoms with Crippen molar-refractivity contribution in [3.8, 4) is 0 Å². The number of thiocarbonyl (C=S) groups is 1. The van der Waals surface area contributed by atoms with E-state index >= 15 is 0 Å². The molecule has 0 aromatic heterocycles. The minimum atomic E-state index is 0.579. The number of quaternary nitrogens is 1. The van der Waals surface area contributed by atoms with Gasteiger partial charge in [-0.3, -0.25) is 5.43 Å². The highest BCUT2D eigenvalue weighted by atomic mass is 32.1. The molecular weight excluding hydrogens is 268 g/mol. The fraction of sp³-hybridized carbons (Fsp3) is 0.400. The molecule has 4 nitrogen and oxygen atoms in total. The summed E-state index contributed by atoms with van der Waals surface area (Å²) >= 11 is 5.25. The highest BCUT2D eigenvalue weighted by molar-refractivity contribution is 7.80. The van der Waals surface area contributed by atoms with Crippen LogP contribution in [-0.4, -0.2) is 24.2 Å². The van der Waals surface area contributed by atoms with E-state index in [2.05, 4.69) is 36.1 Å². The number of hydrogen-bond acceptors (Lipinski definition) is 2. The van der Waals surface area contributed by atoms with Crippen LogP contribution in [0, 0.1) is 0 Å². The van der Waals surface area contributed by atoms with Crippen LogP contribution in [0.2, 0.25) is 0 Å². The van der Waals surface area contributed by atoms with E-state index in [4.69, 9.17) is 12.2 Å². The van der Waals surface area contributed by atoms with Crippen LogP contribution in [0.15, 0.2) is 42.1 Å². The number of benzene rings is 1. The topological polar surface area (TPSA) is 40.5 Å². The minimum Gasteiger partial charge on any atom is -0.331 e. The van der Waals surface area contributed by atoms with Crippen molar-refractivity contribution in [2.75, 3.05) is 18.4 Å². The molecule has 1 aliphatic rings. The van der Waals surface area contributed by atoms with Crippen molar-refractivity contribution < 1.29 is 4.90 Å². The van der Waals surface area contributed by atoms with Gasteiger partial charge in [0.15, 0.2) is 5.11 Å². The van der Waals surface area contributed by atoms with Crippen molar-refractivity contribution in [2.24, 2.45) is 0 Å². The number of para-hydroxylation sites is 1. The van der Waals surface area contributed by atoms with Gasteiger partial charge in [0, 0.05) is 17.8 Å². The van der Waals surface area contributed by atoms with Crippen molar-refractivity contribution in [1.29, 1.82) is 0 Å². The lowest BCUT2D eigenvalue weighted by molar-refractivity contribution is -0.917. The third-order valence-corrected chi connectivity index (χ3v) is 3.71. The third-order valence-electron chi connectivity index (χ3n) is 3.51. The van der Waals surface area contributed by atoms with Gasteiger partial charge in [0.2, 0.25) is 0 Å². The van der Waals surface area contributed by atoms with Gasteiger partial charge in [0.1, 0.15) is 0 Å². The van der Waals surface area contributed by atoms with Gasteiger partial charge in [-0.05, 0) is 44.3 Å². The van der Waals surface area contributed by atoms with Crippen LogP contribution in [-0.2, 0) is 0 Å². The number of hydrogen-bond donors (Lipinski definition) is 4. The van der Waals surface area contributed by atoms with E-state index in [0.717, 1.165) is 25.2 Å². The normalized spacial score (nSPS) is 18.4. The summed E-state index contributed by atoms with van der Waals surface area (Å²) in [5.41, 5.74) is 8.43. The van der Waals surface area contributed by atoms with Crippen LogP contribution >= 0.6 is 12.2 Å². The largest absolute Gasteiger partial charge is 0.331 e. The number of hydrazine groups is 1. The predicted molar refractivity (Wildman–Crippen MR) is 87.5 cm³/mol. The second-order valence-corrected chi connectivity index (χ2v) is 5.72. The summed E-state index contributed by atoms with van der Waals surface area (Å²) in [5.74, 6) is 0. The molecule has 0 saturated carbocycles. The van der Waals surface area contributed by atoms with E-state index in [1.165, 1.54) is 5.70 Å². The molecule has 0 spiro atoms. The smallest absolute Gasteiger partial charge is 0.189 e. The average Bonchev–Trinajstić information content (AvgIpc) is 2.46.